The zero-order valence-corrected chi connectivity index (χ0v) is 8.19. The molecule has 2 rings (SSSR count). The molecule has 0 bridgehead atoms. The lowest BCUT2D eigenvalue weighted by Crippen LogP contribution is -2.27. The van der Waals surface area contributed by atoms with Crippen LogP contribution in [0.15, 0.2) is 0 Å². The molecule has 0 nitrogen and oxygen atoms in total. The molecule has 2 aliphatic carbocycles. The first-order valence-electron chi connectivity index (χ1n) is 3.44. The van der Waals surface area contributed by atoms with E-state index >= 15 is 0 Å². The summed E-state index contributed by atoms with van der Waals surface area (Å²) in [6, 6.07) is 0. The van der Waals surface area contributed by atoms with Gasteiger partial charge >= 0.3 is 0 Å². The molecule has 0 heterocycles. The molecule has 1 spiro atoms. The van der Waals surface area contributed by atoms with Crippen molar-refractivity contribution in [2.24, 2.45) is 11.3 Å². The van der Waals surface area contributed by atoms with Gasteiger partial charge in [-0.2, -0.15) is 0 Å². The molecule has 60 valence electrons. The summed E-state index contributed by atoms with van der Waals surface area (Å²) in [7, 11) is 0. The van der Waals surface area contributed by atoms with E-state index in [2.05, 4.69) is 0 Å². The topological polar surface area (TPSA) is 0 Å². The van der Waals surface area contributed by atoms with E-state index in [1.807, 2.05) is 6.92 Å². The predicted molar refractivity (Wildman–Crippen MR) is 45.8 cm³/mol. The second-order valence-electron chi connectivity index (χ2n) is 3.67. The quantitative estimate of drug-likeness (QED) is 0.587. The fourth-order valence-corrected chi connectivity index (χ4v) is 2.10. The Hall–Kier alpha value is 0.590. The van der Waals surface area contributed by atoms with Gasteiger partial charge < -0.3 is 0 Å². The molecule has 0 aromatic heterocycles. The van der Waals surface area contributed by atoms with Gasteiger partial charge in [-0.25, -0.2) is 8.78 Å². The van der Waals surface area contributed by atoms with E-state index < -0.39 is 11.3 Å². The van der Waals surface area contributed by atoms with Gasteiger partial charge in [-0.05, 0) is 18.8 Å². The fraction of sp³-hybridized carbons (Fsp3) is 1.00. The first kappa shape index (κ1) is 8.68. The third-order valence-corrected chi connectivity index (χ3v) is 2.69. The van der Waals surface area contributed by atoms with Crippen molar-refractivity contribution in [2.45, 2.75) is 32.1 Å². The van der Waals surface area contributed by atoms with Crippen LogP contribution in [0.5, 0.6) is 0 Å². The maximum absolute atomic E-state index is 12.4. The molecule has 0 amide bonds. The van der Waals surface area contributed by atoms with E-state index in [4.69, 9.17) is 0 Å². The SMILES string of the molecule is CC1CC2(C1)CC2(F)F.I. The largest absolute Gasteiger partial charge is 0.254 e. The third kappa shape index (κ3) is 0.889. The van der Waals surface area contributed by atoms with Crippen LogP contribution in [0.1, 0.15) is 26.2 Å². The molecule has 0 aliphatic heterocycles. The van der Waals surface area contributed by atoms with E-state index in [-0.39, 0.29) is 30.4 Å². The van der Waals surface area contributed by atoms with Gasteiger partial charge in [-0.1, -0.05) is 6.92 Å². The van der Waals surface area contributed by atoms with Crippen molar-refractivity contribution in [3.8, 4) is 0 Å². The van der Waals surface area contributed by atoms with Gasteiger partial charge in [0, 0.05) is 11.8 Å². The number of hydrogen-bond acceptors (Lipinski definition) is 0. The van der Waals surface area contributed by atoms with Crippen LogP contribution in [0, 0.1) is 11.3 Å². The second-order valence-corrected chi connectivity index (χ2v) is 3.67. The molecule has 0 radical (unpaired) electrons. The maximum Gasteiger partial charge on any atom is 0.254 e. The molecule has 3 heteroatoms. The highest BCUT2D eigenvalue weighted by Crippen LogP contribution is 2.72. The van der Waals surface area contributed by atoms with Crippen molar-refractivity contribution >= 4 is 24.0 Å². The van der Waals surface area contributed by atoms with Crippen molar-refractivity contribution in [2.75, 3.05) is 0 Å². The number of halogens is 3. The smallest absolute Gasteiger partial charge is 0.206 e. The molecule has 0 aromatic carbocycles. The van der Waals surface area contributed by atoms with Crippen LogP contribution in [0.3, 0.4) is 0 Å². The molecule has 2 aliphatic rings. The van der Waals surface area contributed by atoms with Crippen LogP contribution in [0.25, 0.3) is 0 Å². The summed E-state index contributed by atoms with van der Waals surface area (Å²) in [5, 5.41) is 0. The summed E-state index contributed by atoms with van der Waals surface area (Å²) in [5.41, 5.74) is -0.494. The average Bonchev–Trinajstić information content (AvgIpc) is 2.06. The molecule has 10 heavy (non-hydrogen) atoms. The zero-order valence-electron chi connectivity index (χ0n) is 5.86. The Bertz CT molecular complexity index is 150. The summed E-state index contributed by atoms with van der Waals surface area (Å²) in [6.45, 7) is 2.04. The van der Waals surface area contributed by atoms with Gasteiger partial charge in [0.25, 0.3) is 5.92 Å². The van der Waals surface area contributed by atoms with Crippen LogP contribution in [0.4, 0.5) is 8.78 Å². The molecule has 0 unspecified atom stereocenters. The lowest BCUT2D eigenvalue weighted by Gasteiger charge is -2.32. The van der Waals surface area contributed by atoms with Crippen LogP contribution in [-0.2, 0) is 0 Å². The van der Waals surface area contributed by atoms with Crippen LogP contribution in [-0.4, -0.2) is 5.92 Å². The molecular formula is C7H11F2I. The van der Waals surface area contributed by atoms with E-state index in [0.29, 0.717) is 5.92 Å². The number of hydrogen-bond donors (Lipinski definition) is 0. The van der Waals surface area contributed by atoms with Crippen molar-refractivity contribution in [3.05, 3.63) is 0 Å². The van der Waals surface area contributed by atoms with Gasteiger partial charge in [-0.15, -0.1) is 24.0 Å². The molecular weight excluding hydrogens is 249 g/mol. The summed E-state index contributed by atoms with van der Waals surface area (Å²) in [4.78, 5) is 0. The second kappa shape index (κ2) is 2.05. The van der Waals surface area contributed by atoms with Gasteiger partial charge in [0.05, 0.1) is 0 Å². The Morgan fingerprint density at radius 2 is 1.70 bits per heavy atom. The minimum absolute atomic E-state index is 0. The molecule has 0 aromatic rings. The van der Waals surface area contributed by atoms with Gasteiger partial charge in [0.1, 0.15) is 0 Å². The Morgan fingerprint density at radius 1 is 1.30 bits per heavy atom. The minimum Gasteiger partial charge on any atom is -0.206 e. The normalized spacial score (nSPS) is 47.7. The Morgan fingerprint density at radius 3 is 1.80 bits per heavy atom. The van der Waals surface area contributed by atoms with Crippen molar-refractivity contribution in [3.63, 3.8) is 0 Å². The van der Waals surface area contributed by atoms with Crippen LogP contribution < -0.4 is 0 Å². The zero-order chi connectivity index (χ0) is 6.70. The number of rotatable bonds is 0. The first-order chi connectivity index (χ1) is 4.06. The molecule has 0 atom stereocenters. The summed E-state index contributed by atoms with van der Waals surface area (Å²) < 4.78 is 24.8. The highest BCUT2D eigenvalue weighted by atomic mass is 127. The predicted octanol–water partition coefficient (Wildman–Crippen LogP) is 3.06. The van der Waals surface area contributed by atoms with Crippen molar-refractivity contribution in [1.82, 2.24) is 0 Å². The first-order valence-corrected chi connectivity index (χ1v) is 3.44. The molecule has 0 saturated heterocycles. The molecule has 2 fully saturated rings. The highest BCUT2D eigenvalue weighted by molar-refractivity contribution is 14.0. The Balaban J connectivity index is 0.000000500. The van der Waals surface area contributed by atoms with Gasteiger partial charge in [-0.3, -0.25) is 0 Å². The molecule has 2 saturated carbocycles. The summed E-state index contributed by atoms with van der Waals surface area (Å²) in [6.07, 6.45) is 1.70. The maximum atomic E-state index is 12.4. The fourth-order valence-electron chi connectivity index (χ4n) is 2.10. The highest BCUT2D eigenvalue weighted by Gasteiger charge is 2.74. The monoisotopic (exact) mass is 260 g/mol. The van der Waals surface area contributed by atoms with Crippen molar-refractivity contribution in [1.29, 1.82) is 0 Å². The molecule has 0 N–H and O–H groups in total. The summed E-state index contributed by atoms with van der Waals surface area (Å²) in [5.74, 6) is -1.72. The Kier molecular flexibility index (Phi) is 1.78. The van der Waals surface area contributed by atoms with E-state index in [1.165, 1.54) is 0 Å². The average molecular weight is 260 g/mol. The van der Waals surface area contributed by atoms with E-state index in [0.717, 1.165) is 12.8 Å². The van der Waals surface area contributed by atoms with Gasteiger partial charge in [0.15, 0.2) is 0 Å². The van der Waals surface area contributed by atoms with Crippen molar-refractivity contribution < 1.29 is 8.78 Å². The Labute approximate surface area is 76.4 Å². The van der Waals surface area contributed by atoms with Gasteiger partial charge in [0.2, 0.25) is 0 Å². The van der Waals surface area contributed by atoms with E-state index in [1.54, 1.807) is 0 Å². The van der Waals surface area contributed by atoms with E-state index in [9.17, 15) is 8.78 Å². The third-order valence-electron chi connectivity index (χ3n) is 2.69. The number of alkyl halides is 2. The lowest BCUT2D eigenvalue weighted by atomic mass is 9.72. The van der Waals surface area contributed by atoms with Crippen LogP contribution in [0.2, 0.25) is 0 Å². The standard InChI is InChI=1S/C7H10F2.HI/c1-5-2-6(3-5)4-7(6,8)9;/h5H,2-4H2,1H3;1H. The lowest BCUT2D eigenvalue weighted by molar-refractivity contribution is 0.00668. The summed E-state index contributed by atoms with van der Waals surface area (Å²) >= 11 is 0. The van der Waals surface area contributed by atoms with Crippen LogP contribution >= 0.6 is 24.0 Å². The minimum atomic E-state index is -2.28.